The summed E-state index contributed by atoms with van der Waals surface area (Å²) in [5.74, 6) is 0.227. The zero-order valence-corrected chi connectivity index (χ0v) is 17.6. The Labute approximate surface area is 168 Å². The van der Waals surface area contributed by atoms with Crippen LogP contribution in [0.25, 0.3) is 0 Å². The third-order valence-electron chi connectivity index (χ3n) is 5.40. The summed E-state index contributed by atoms with van der Waals surface area (Å²) in [5.41, 5.74) is 2.82. The number of hydrogen-bond acceptors (Lipinski definition) is 3. The number of nitrogens with zero attached hydrogens (tertiary/aromatic N) is 2. The molecule has 5 nitrogen and oxygen atoms in total. The third kappa shape index (κ3) is 4.45. The fourth-order valence-corrected chi connectivity index (χ4v) is 5.32. The second kappa shape index (κ2) is 8.45. The lowest BCUT2D eigenvalue weighted by Crippen LogP contribution is -2.50. The Balaban J connectivity index is 1.62. The Morgan fingerprint density at radius 2 is 1.64 bits per heavy atom. The lowest BCUT2D eigenvalue weighted by Gasteiger charge is -2.34. The van der Waals surface area contributed by atoms with Gasteiger partial charge in [0.1, 0.15) is 0 Å². The number of amides is 1. The van der Waals surface area contributed by atoms with Crippen LogP contribution in [0.4, 0.5) is 0 Å². The van der Waals surface area contributed by atoms with Crippen molar-refractivity contribution in [2.75, 3.05) is 26.2 Å². The molecule has 1 atom stereocenters. The molecule has 0 radical (unpaired) electrons. The highest BCUT2D eigenvalue weighted by Crippen LogP contribution is 2.24. The molecule has 150 valence electrons. The maximum absolute atomic E-state index is 13.0. The standard InChI is InChI=1S/C22H28N2O3S/c1-17-9-10-18(2)21(15-17)28(26,27)24-13-11-23(12-14-24)22(25)16-19(3)20-7-5-4-6-8-20/h4-10,15,19H,11-14,16H2,1-3H3/t19-/m0/s1. The molecule has 2 aromatic rings. The molecule has 0 N–H and O–H groups in total. The molecule has 1 heterocycles. The fraction of sp³-hybridized carbons (Fsp3) is 0.409. The summed E-state index contributed by atoms with van der Waals surface area (Å²) in [6, 6.07) is 15.5. The number of rotatable bonds is 5. The minimum absolute atomic E-state index is 0.0835. The molecule has 3 rings (SSSR count). The number of aryl methyl sites for hydroxylation is 2. The molecule has 1 fully saturated rings. The maximum Gasteiger partial charge on any atom is 0.243 e. The lowest BCUT2D eigenvalue weighted by atomic mass is 9.97. The first-order valence-electron chi connectivity index (χ1n) is 9.69. The Bertz CT molecular complexity index is 934. The van der Waals surface area contributed by atoms with Gasteiger partial charge in [-0.1, -0.05) is 49.4 Å². The summed E-state index contributed by atoms with van der Waals surface area (Å²) in [5, 5.41) is 0. The minimum atomic E-state index is -3.54. The van der Waals surface area contributed by atoms with Gasteiger partial charge in [-0.05, 0) is 42.5 Å². The van der Waals surface area contributed by atoms with Crippen molar-refractivity contribution in [1.29, 1.82) is 0 Å². The van der Waals surface area contributed by atoms with E-state index < -0.39 is 10.0 Å². The van der Waals surface area contributed by atoms with Crippen molar-refractivity contribution in [3.8, 4) is 0 Å². The second-order valence-electron chi connectivity index (χ2n) is 7.57. The number of carbonyl (C=O) groups is 1. The van der Waals surface area contributed by atoms with Crippen molar-refractivity contribution in [3.63, 3.8) is 0 Å². The number of benzene rings is 2. The van der Waals surface area contributed by atoms with Crippen LogP contribution in [0.3, 0.4) is 0 Å². The van der Waals surface area contributed by atoms with Crippen molar-refractivity contribution in [2.45, 2.75) is 38.0 Å². The molecule has 1 aliphatic heterocycles. The number of carbonyl (C=O) groups excluding carboxylic acids is 1. The Kier molecular flexibility index (Phi) is 6.20. The van der Waals surface area contributed by atoms with Gasteiger partial charge in [0, 0.05) is 32.6 Å². The average molecular weight is 401 g/mol. The molecule has 0 saturated carbocycles. The quantitative estimate of drug-likeness (QED) is 0.774. The van der Waals surface area contributed by atoms with Crippen molar-refractivity contribution < 1.29 is 13.2 Å². The van der Waals surface area contributed by atoms with Gasteiger partial charge < -0.3 is 4.90 Å². The molecule has 0 aliphatic carbocycles. The molecule has 1 saturated heterocycles. The zero-order chi connectivity index (χ0) is 20.3. The monoisotopic (exact) mass is 400 g/mol. The molecule has 1 amide bonds. The van der Waals surface area contributed by atoms with Gasteiger partial charge in [0.25, 0.3) is 0 Å². The van der Waals surface area contributed by atoms with Crippen LogP contribution in [0.15, 0.2) is 53.4 Å². The molecular weight excluding hydrogens is 372 g/mol. The fourth-order valence-electron chi connectivity index (χ4n) is 3.59. The van der Waals surface area contributed by atoms with Crippen molar-refractivity contribution in [1.82, 2.24) is 9.21 Å². The largest absolute Gasteiger partial charge is 0.340 e. The first kappa shape index (κ1) is 20.6. The van der Waals surface area contributed by atoms with E-state index in [2.05, 4.69) is 6.92 Å². The van der Waals surface area contributed by atoms with Crippen LogP contribution in [0.1, 0.15) is 36.0 Å². The van der Waals surface area contributed by atoms with Gasteiger partial charge in [0.15, 0.2) is 0 Å². The molecule has 28 heavy (non-hydrogen) atoms. The summed E-state index contributed by atoms with van der Waals surface area (Å²) >= 11 is 0. The number of piperazine rings is 1. The van der Waals surface area contributed by atoms with E-state index in [1.54, 1.807) is 11.0 Å². The SMILES string of the molecule is Cc1ccc(C)c(S(=O)(=O)N2CCN(C(=O)C[C@H](C)c3ccccc3)CC2)c1. The zero-order valence-electron chi connectivity index (χ0n) is 16.8. The van der Waals surface area contributed by atoms with Crippen LogP contribution < -0.4 is 0 Å². The molecule has 2 aromatic carbocycles. The Morgan fingerprint density at radius 1 is 1.00 bits per heavy atom. The second-order valence-corrected chi connectivity index (χ2v) is 9.48. The van der Waals surface area contributed by atoms with E-state index in [0.29, 0.717) is 37.5 Å². The van der Waals surface area contributed by atoms with E-state index in [1.165, 1.54) is 4.31 Å². The van der Waals surface area contributed by atoms with Crippen LogP contribution in [-0.2, 0) is 14.8 Å². The van der Waals surface area contributed by atoms with E-state index in [1.807, 2.05) is 56.3 Å². The van der Waals surface area contributed by atoms with E-state index >= 15 is 0 Å². The first-order chi connectivity index (χ1) is 13.3. The summed E-state index contributed by atoms with van der Waals surface area (Å²) in [6.45, 7) is 7.30. The van der Waals surface area contributed by atoms with Gasteiger partial charge in [-0.3, -0.25) is 4.79 Å². The molecule has 1 aliphatic rings. The third-order valence-corrected chi connectivity index (χ3v) is 7.44. The Hall–Kier alpha value is -2.18. The molecule has 6 heteroatoms. The van der Waals surface area contributed by atoms with Gasteiger partial charge in [-0.25, -0.2) is 8.42 Å². The smallest absolute Gasteiger partial charge is 0.243 e. The molecular formula is C22H28N2O3S. The topological polar surface area (TPSA) is 57.7 Å². The molecule has 0 unspecified atom stereocenters. The van der Waals surface area contributed by atoms with Gasteiger partial charge in [-0.2, -0.15) is 4.31 Å². The number of hydrogen-bond donors (Lipinski definition) is 0. The Morgan fingerprint density at radius 3 is 2.29 bits per heavy atom. The normalized spacial score (nSPS) is 16.8. The van der Waals surface area contributed by atoms with Crippen molar-refractivity contribution >= 4 is 15.9 Å². The van der Waals surface area contributed by atoms with Gasteiger partial charge in [0.2, 0.25) is 15.9 Å². The van der Waals surface area contributed by atoms with Crippen molar-refractivity contribution in [3.05, 3.63) is 65.2 Å². The highest BCUT2D eigenvalue weighted by atomic mass is 32.2. The van der Waals surface area contributed by atoms with E-state index in [-0.39, 0.29) is 11.8 Å². The molecule has 0 spiro atoms. The van der Waals surface area contributed by atoms with Gasteiger partial charge in [-0.15, -0.1) is 0 Å². The maximum atomic E-state index is 13.0. The summed E-state index contributed by atoms with van der Waals surface area (Å²) in [7, 11) is -3.54. The first-order valence-corrected chi connectivity index (χ1v) is 11.1. The van der Waals surface area contributed by atoms with Crippen molar-refractivity contribution in [2.24, 2.45) is 0 Å². The molecule has 0 aromatic heterocycles. The van der Waals surface area contributed by atoms with Crippen LogP contribution in [-0.4, -0.2) is 49.7 Å². The molecule has 0 bridgehead atoms. The number of sulfonamides is 1. The van der Waals surface area contributed by atoms with E-state index in [9.17, 15) is 13.2 Å². The van der Waals surface area contributed by atoms with Gasteiger partial charge in [0.05, 0.1) is 4.90 Å². The average Bonchev–Trinajstić information content (AvgIpc) is 2.70. The summed E-state index contributed by atoms with van der Waals surface area (Å²) in [6.07, 6.45) is 0.438. The van der Waals surface area contributed by atoms with Crippen LogP contribution >= 0.6 is 0 Å². The van der Waals surface area contributed by atoms with E-state index in [4.69, 9.17) is 0 Å². The highest BCUT2D eigenvalue weighted by Gasteiger charge is 2.31. The summed E-state index contributed by atoms with van der Waals surface area (Å²) < 4.78 is 27.5. The predicted octanol–water partition coefficient (Wildman–Crippen LogP) is 3.33. The van der Waals surface area contributed by atoms with E-state index in [0.717, 1.165) is 16.7 Å². The predicted molar refractivity (Wildman–Crippen MR) is 111 cm³/mol. The van der Waals surface area contributed by atoms with Crippen LogP contribution in [0.2, 0.25) is 0 Å². The minimum Gasteiger partial charge on any atom is -0.340 e. The highest BCUT2D eigenvalue weighted by molar-refractivity contribution is 7.89. The van der Waals surface area contributed by atoms with Gasteiger partial charge >= 0.3 is 0 Å². The van der Waals surface area contributed by atoms with Crippen LogP contribution in [0, 0.1) is 13.8 Å². The summed E-state index contributed by atoms with van der Waals surface area (Å²) in [4.78, 5) is 14.8. The lowest BCUT2D eigenvalue weighted by molar-refractivity contribution is -0.132. The van der Waals surface area contributed by atoms with Crippen LogP contribution in [0.5, 0.6) is 0 Å².